The first-order valence-corrected chi connectivity index (χ1v) is 11.3. The number of nitrogens with zero attached hydrogens (tertiary/aromatic N) is 3. The summed E-state index contributed by atoms with van der Waals surface area (Å²) in [6, 6.07) is 15.7. The van der Waals surface area contributed by atoms with Gasteiger partial charge in [-0.2, -0.15) is 0 Å². The monoisotopic (exact) mass is 416 g/mol. The highest BCUT2D eigenvalue weighted by Crippen LogP contribution is 2.42. The Morgan fingerprint density at radius 1 is 1.03 bits per heavy atom. The molecule has 1 saturated heterocycles. The quantitative estimate of drug-likeness (QED) is 0.546. The third-order valence-corrected chi connectivity index (χ3v) is 6.72. The molecule has 1 aliphatic heterocycles. The van der Waals surface area contributed by atoms with E-state index in [9.17, 15) is 0 Å². The number of aromatic nitrogens is 2. The standard InChI is InChI=1S/C25H28N4S/c1-17-13-18(2)15-21(14-17)29-24(19-10-12-28(16-19)20-7-3-4-8-20)23(27-25(29)30)22-9-5-6-11-26-22/h5-6,9-16,20,23-24H,3-4,7-8H2,1-2H3,(H,27,30). The van der Waals surface area contributed by atoms with Crippen molar-refractivity contribution >= 4 is 23.0 Å². The molecule has 2 aromatic heterocycles. The number of benzene rings is 1. The second kappa shape index (κ2) is 7.88. The van der Waals surface area contributed by atoms with Gasteiger partial charge >= 0.3 is 0 Å². The minimum atomic E-state index is 0.0129. The van der Waals surface area contributed by atoms with Crippen LogP contribution in [0.15, 0.2) is 61.1 Å². The molecule has 1 saturated carbocycles. The largest absolute Gasteiger partial charge is 0.351 e. The van der Waals surface area contributed by atoms with Crippen LogP contribution in [0.5, 0.6) is 0 Å². The zero-order valence-corrected chi connectivity index (χ0v) is 18.4. The molecule has 0 bridgehead atoms. The van der Waals surface area contributed by atoms with Gasteiger partial charge in [-0.05, 0) is 85.9 Å². The number of rotatable bonds is 4. The number of nitrogens with one attached hydrogen (secondary N) is 1. The number of hydrogen-bond donors (Lipinski definition) is 1. The van der Waals surface area contributed by atoms with Gasteiger partial charge < -0.3 is 14.8 Å². The van der Waals surface area contributed by atoms with E-state index in [1.165, 1.54) is 42.4 Å². The number of thiocarbonyl (C=S) groups is 1. The Morgan fingerprint density at radius 3 is 2.50 bits per heavy atom. The zero-order valence-electron chi connectivity index (χ0n) is 17.6. The smallest absolute Gasteiger partial charge is 0.174 e. The molecule has 1 aliphatic carbocycles. The van der Waals surface area contributed by atoms with Crippen LogP contribution in [0.25, 0.3) is 0 Å². The Balaban J connectivity index is 1.59. The Kier molecular flexibility index (Phi) is 5.07. The second-order valence-corrected chi connectivity index (χ2v) is 9.06. The van der Waals surface area contributed by atoms with E-state index in [0.717, 1.165) is 16.5 Å². The highest BCUT2D eigenvalue weighted by atomic mass is 32.1. The molecule has 3 aromatic rings. The average molecular weight is 417 g/mol. The van der Waals surface area contributed by atoms with E-state index in [-0.39, 0.29) is 12.1 Å². The average Bonchev–Trinajstić information content (AvgIpc) is 3.47. The topological polar surface area (TPSA) is 33.1 Å². The summed E-state index contributed by atoms with van der Waals surface area (Å²) in [5.74, 6) is 0. The van der Waals surface area contributed by atoms with Gasteiger partial charge in [0.1, 0.15) is 0 Å². The lowest BCUT2D eigenvalue weighted by molar-refractivity contribution is 0.515. The Labute approximate surface area is 183 Å². The molecule has 2 fully saturated rings. The molecule has 0 spiro atoms. The van der Waals surface area contributed by atoms with Crippen molar-refractivity contribution in [3.63, 3.8) is 0 Å². The molecule has 2 atom stereocenters. The third-order valence-electron chi connectivity index (χ3n) is 6.41. The van der Waals surface area contributed by atoms with Crippen molar-refractivity contribution in [2.24, 2.45) is 0 Å². The second-order valence-electron chi connectivity index (χ2n) is 8.67. The fraction of sp³-hybridized carbons (Fsp3) is 0.360. The zero-order chi connectivity index (χ0) is 20.7. The molecular formula is C25H28N4S. The third kappa shape index (κ3) is 3.52. The maximum absolute atomic E-state index is 5.86. The molecule has 2 unspecified atom stereocenters. The van der Waals surface area contributed by atoms with Gasteiger partial charge in [0.15, 0.2) is 5.11 Å². The number of pyridine rings is 1. The van der Waals surface area contributed by atoms with Crippen molar-refractivity contribution in [2.45, 2.75) is 57.7 Å². The van der Waals surface area contributed by atoms with Crippen molar-refractivity contribution in [1.29, 1.82) is 0 Å². The molecule has 2 aliphatic rings. The maximum atomic E-state index is 5.86. The highest BCUT2D eigenvalue weighted by molar-refractivity contribution is 7.80. The van der Waals surface area contributed by atoms with Crippen molar-refractivity contribution in [3.8, 4) is 0 Å². The normalized spacial score (nSPS) is 21.9. The number of anilines is 1. The molecular weight excluding hydrogens is 388 g/mol. The summed E-state index contributed by atoms with van der Waals surface area (Å²) in [4.78, 5) is 6.94. The van der Waals surface area contributed by atoms with Gasteiger partial charge in [0, 0.05) is 30.3 Å². The van der Waals surface area contributed by atoms with Gasteiger partial charge in [-0.3, -0.25) is 4.98 Å². The van der Waals surface area contributed by atoms with Gasteiger partial charge in [-0.1, -0.05) is 25.0 Å². The molecule has 5 heteroatoms. The van der Waals surface area contributed by atoms with Gasteiger partial charge in [0.2, 0.25) is 0 Å². The first-order chi connectivity index (χ1) is 14.6. The van der Waals surface area contributed by atoms with Crippen LogP contribution in [-0.4, -0.2) is 14.7 Å². The van der Waals surface area contributed by atoms with Crippen LogP contribution in [-0.2, 0) is 0 Å². The lowest BCUT2D eigenvalue weighted by Crippen LogP contribution is -2.29. The van der Waals surface area contributed by atoms with Crippen LogP contribution in [0.2, 0.25) is 0 Å². The first-order valence-electron chi connectivity index (χ1n) is 10.9. The molecule has 154 valence electrons. The summed E-state index contributed by atoms with van der Waals surface area (Å²) in [5, 5.41) is 4.33. The SMILES string of the molecule is Cc1cc(C)cc(N2C(=S)NC(c3ccccn3)C2c2ccn(C3CCCC3)c2)c1. The summed E-state index contributed by atoms with van der Waals surface area (Å²) < 4.78 is 2.42. The van der Waals surface area contributed by atoms with E-state index in [1.54, 1.807) is 0 Å². The lowest BCUT2D eigenvalue weighted by Gasteiger charge is -2.28. The molecule has 5 rings (SSSR count). The van der Waals surface area contributed by atoms with E-state index in [1.807, 2.05) is 18.3 Å². The van der Waals surface area contributed by atoms with Crippen molar-refractivity contribution in [3.05, 3.63) is 83.4 Å². The van der Waals surface area contributed by atoms with Crippen LogP contribution < -0.4 is 10.2 Å². The Morgan fingerprint density at radius 2 is 1.80 bits per heavy atom. The van der Waals surface area contributed by atoms with E-state index in [2.05, 4.69) is 76.3 Å². The van der Waals surface area contributed by atoms with Crippen molar-refractivity contribution in [1.82, 2.24) is 14.9 Å². The van der Waals surface area contributed by atoms with Gasteiger partial charge in [-0.15, -0.1) is 0 Å². The van der Waals surface area contributed by atoms with Gasteiger partial charge in [0.05, 0.1) is 17.8 Å². The van der Waals surface area contributed by atoms with E-state index >= 15 is 0 Å². The van der Waals surface area contributed by atoms with Crippen molar-refractivity contribution < 1.29 is 0 Å². The predicted octanol–water partition coefficient (Wildman–Crippen LogP) is 5.79. The summed E-state index contributed by atoms with van der Waals surface area (Å²) in [7, 11) is 0. The minimum Gasteiger partial charge on any atom is -0.351 e. The highest BCUT2D eigenvalue weighted by Gasteiger charge is 2.41. The maximum Gasteiger partial charge on any atom is 0.174 e. The van der Waals surface area contributed by atoms with Gasteiger partial charge in [-0.25, -0.2) is 0 Å². The van der Waals surface area contributed by atoms with E-state index in [0.29, 0.717) is 6.04 Å². The minimum absolute atomic E-state index is 0.0129. The summed E-state index contributed by atoms with van der Waals surface area (Å²) >= 11 is 5.86. The van der Waals surface area contributed by atoms with Crippen LogP contribution >= 0.6 is 12.2 Å². The Bertz CT molecular complexity index is 1030. The van der Waals surface area contributed by atoms with Crippen LogP contribution in [0.3, 0.4) is 0 Å². The van der Waals surface area contributed by atoms with Crippen molar-refractivity contribution in [2.75, 3.05) is 4.90 Å². The summed E-state index contributed by atoms with van der Waals surface area (Å²) in [6.45, 7) is 4.29. The van der Waals surface area contributed by atoms with Crippen LogP contribution in [0, 0.1) is 13.8 Å². The van der Waals surface area contributed by atoms with Crippen LogP contribution in [0.4, 0.5) is 5.69 Å². The molecule has 1 N–H and O–H groups in total. The molecule has 3 heterocycles. The lowest BCUT2D eigenvalue weighted by atomic mass is 9.98. The fourth-order valence-electron chi connectivity index (χ4n) is 5.10. The molecule has 0 amide bonds. The van der Waals surface area contributed by atoms with E-state index in [4.69, 9.17) is 12.2 Å². The summed E-state index contributed by atoms with van der Waals surface area (Å²) in [5.41, 5.74) is 5.93. The molecule has 0 radical (unpaired) electrons. The Hall–Kier alpha value is -2.66. The molecule has 1 aromatic carbocycles. The fourth-order valence-corrected chi connectivity index (χ4v) is 5.44. The summed E-state index contributed by atoms with van der Waals surface area (Å²) in [6.07, 6.45) is 11.7. The molecule has 4 nitrogen and oxygen atoms in total. The van der Waals surface area contributed by atoms with Crippen LogP contribution in [0.1, 0.15) is 66.2 Å². The van der Waals surface area contributed by atoms with Gasteiger partial charge in [0.25, 0.3) is 0 Å². The van der Waals surface area contributed by atoms with E-state index < -0.39 is 0 Å². The first kappa shape index (κ1) is 19.3. The number of aryl methyl sites for hydroxylation is 2. The predicted molar refractivity (Wildman–Crippen MR) is 126 cm³/mol. The number of hydrogen-bond acceptors (Lipinski definition) is 2. The molecule has 30 heavy (non-hydrogen) atoms.